The van der Waals surface area contributed by atoms with Gasteiger partial charge in [-0.3, -0.25) is 19.7 Å². The van der Waals surface area contributed by atoms with Crippen LogP contribution in [-0.2, 0) is 6.42 Å². The molecule has 2 heterocycles. The Balaban J connectivity index is 1.34. The van der Waals surface area contributed by atoms with Gasteiger partial charge in [0.05, 0.1) is 11.9 Å². The molecule has 0 unspecified atom stereocenters. The normalized spacial score (nSPS) is 14.8. The fourth-order valence-electron chi connectivity index (χ4n) is 3.55. The summed E-state index contributed by atoms with van der Waals surface area (Å²) < 4.78 is 0. The van der Waals surface area contributed by atoms with Gasteiger partial charge < -0.3 is 4.90 Å². The number of amides is 1. The molecule has 3 aromatic rings. The molecule has 0 radical (unpaired) electrons. The minimum atomic E-state index is 0.0912. The van der Waals surface area contributed by atoms with Crippen molar-refractivity contribution in [3.8, 4) is 11.3 Å². The molecule has 0 spiro atoms. The van der Waals surface area contributed by atoms with Crippen molar-refractivity contribution in [3.05, 3.63) is 84.3 Å². The van der Waals surface area contributed by atoms with E-state index in [0.717, 1.165) is 50.4 Å². The standard InChI is InChI=1S/C23H24N4O/c28-23(21-8-4-7-20(17-21)22-18-24-10-11-25-22)27-15-13-26(14-16-27)12-9-19-5-2-1-3-6-19/h1-8,10-11,17-18H,9,12-16H2. The quantitative estimate of drug-likeness (QED) is 0.690. The fraction of sp³-hybridized carbons (Fsp3) is 0.261. The molecule has 0 saturated carbocycles. The average Bonchev–Trinajstić information content (AvgIpc) is 2.79. The van der Waals surface area contributed by atoms with Crippen molar-refractivity contribution in [1.82, 2.24) is 19.8 Å². The van der Waals surface area contributed by atoms with Crippen LogP contribution < -0.4 is 0 Å². The van der Waals surface area contributed by atoms with Gasteiger partial charge in [0.1, 0.15) is 0 Å². The number of carbonyl (C=O) groups excluding carboxylic acids is 1. The van der Waals surface area contributed by atoms with Gasteiger partial charge in [0.25, 0.3) is 5.91 Å². The highest BCUT2D eigenvalue weighted by atomic mass is 16.2. The number of carbonyl (C=O) groups is 1. The molecule has 1 saturated heterocycles. The lowest BCUT2D eigenvalue weighted by Crippen LogP contribution is -2.49. The Morgan fingerprint density at radius 3 is 2.50 bits per heavy atom. The third kappa shape index (κ3) is 4.43. The van der Waals surface area contributed by atoms with E-state index in [0.29, 0.717) is 5.56 Å². The zero-order chi connectivity index (χ0) is 19.2. The van der Waals surface area contributed by atoms with Gasteiger partial charge >= 0.3 is 0 Å². The van der Waals surface area contributed by atoms with Gasteiger partial charge in [-0.15, -0.1) is 0 Å². The summed E-state index contributed by atoms with van der Waals surface area (Å²) in [6.45, 7) is 4.41. The Morgan fingerprint density at radius 2 is 1.75 bits per heavy atom. The molecule has 5 heteroatoms. The maximum absolute atomic E-state index is 12.9. The van der Waals surface area contributed by atoms with Crippen molar-refractivity contribution in [2.45, 2.75) is 6.42 Å². The van der Waals surface area contributed by atoms with Gasteiger partial charge in [-0.05, 0) is 24.1 Å². The van der Waals surface area contributed by atoms with Crippen molar-refractivity contribution < 1.29 is 4.79 Å². The molecule has 0 atom stereocenters. The Kier molecular flexibility index (Phi) is 5.73. The number of hydrogen-bond donors (Lipinski definition) is 0. The summed E-state index contributed by atoms with van der Waals surface area (Å²) in [6.07, 6.45) is 6.08. The first kappa shape index (κ1) is 18.3. The second-order valence-electron chi connectivity index (χ2n) is 7.04. The van der Waals surface area contributed by atoms with Crippen molar-refractivity contribution in [2.24, 2.45) is 0 Å². The Bertz CT molecular complexity index is 906. The van der Waals surface area contributed by atoms with E-state index in [9.17, 15) is 4.79 Å². The molecular formula is C23H24N4O. The average molecular weight is 372 g/mol. The minimum absolute atomic E-state index is 0.0912. The maximum Gasteiger partial charge on any atom is 0.253 e. The van der Waals surface area contributed by atoms with Gasteiger partial charge in [-0.2, -0.15) is 0 Å². The molecular weight excluding hydrogens is 348 g/mol. The fourth-order valence-corrected chi connectivity index (χ4v) is 3.55. The smallest absolute Gasteiger partial charge is 0.253 e. The second kappa shape index (κ2) is 8.76. The second-order valence-corrected chi connectivity index (χ2v) is 7.04. The van der Waals surface area contributed by atoms with Crippen LogP contribution in [0.15, 0.2) is 73.2 Å². The molecule has 5 nitrogen and oxygen atoms in total. The summed E-state index contributed by atoms with van der Waals surface area (Å²) in [5.41, 5.74) is 3.77. The molecule has 1 aromatic heterocycles. The van der Waals surface area contributed by atoms with Crippen LogP contribution in [0.3, 0.4) is 0 Å². The summed E-state index contributed by atoms with van der Waals surface area (Å²) in [7, 11) is 0. The van der Waals surface area contributed by atoms with E-state index in [-0.39, 0.29) is 5.91 Å². The van der Waals surface area contributed by atoms with Crippen LogP contribution in [0.4, 0.5) is 0 Å². The predicted octanol–water partition coefficient (Wildman–Crippen LogP) is 3.14. The largest absolute Gasteiger partial charge is 0.336 e. The van der Waals surface area contributed by atoms with Gasteiger partial charge in [0.2, 0.25) is 0 Å². The van der Waals surface area contributed by atoms with E-state index < -0.39 is 0 Å². The number of nitrogens with zero attached hydrogens (tertiary/aromatic N) is 4. The van der Waals surface area contributed by atoms with Crippen LogP contribution in [0.1, 0.15) is 15.9 Å². The third-order valence-electron chi connectivity index (χ3n) is 5.19. The van der Waals surface area contributed by atoms with E-state index in [1.807, 2.05) is 35.2 Å². The lowest BCUT2D eigenvalue weighted by Gasteiger charge is -2.34. The van der Waals surface area contributed by atoms with Crippen LogP contribution in [0.5, 0.6) is 0 Å². The molecule has 0 aliphatic carbocycles. The van der Waals surface area contributed by atoms with Crippen molar-refractivity contribution >= 4 is 5.91 Å². The number of benzene rings is 2. The van der Waals surface area contributed by atoms with E-state index in [1.165, 1.54) is 5.56 Å². The summed E-state index contributed by atoms with van der Waals surface area (Å²) in [5, 5.41) is 0. The number of hydrogen-bond acceptors (Lipinski definition) is 4. The maximum atomic E-state index is 12.9. The Morgan fingerprint density at radius 1 is 0.929 bits per heavy atom. The highest BCUT2D eigenvalue weighted by Gasteiger charge is 2.22. The zero-order valence-corrected chi connectivity index (χ0v) is 15.9. The SMILES string of the molecule is O=C(c1cccc(-c2cnccn2)c1)N1CCN(CCc2ccccc2)CC1. The van der Waals surface area contributed by atoms with E-state index in [1.54, 1.807) is 18.6 Å². The summed E-state index contributed by atoms with van der Waals surface area (Å²) in [4.78, 5) is 25.8. The lowest BCUT2D eigenvalue weighted by molar-refractivity contribution is 0.0638. The molecule has 2 aromatic carbocycles. The van der Waals surface area contributed by atoms with Gasteiger partial charge in [0, 0.05) is 56.2 Å². The molecule has 142 valence electrons. The molecule has 1 amide bonds. The molecule has 28 heavy (non-hydrogen) atoms. The summed E-state index contributed by atoms with van der Waals surface area (Å²) in [6, 6.07) is 18.2. The molecule has 1 fully saturated rings. The molecule has 1 aliphatic rings. The molecule has 0 N–H and O–H groups in total. The highest BCUT2D eigenvalue weighted by molar-refractivity contribution is 5.95. The number of piperazine rings is 1. The number of rotatable bonds is 5. The number of aromatic nitrogens is 2. The van der Waals surface area contributed by atoms with Gasteiger partial charge in [0.15, 0.2) is 0 Å². The van der Waals surface area contributed by atoms with Crippen molar-refractivity contribution in [3.63, 3.8) is 0 Å². The van der Waals surface area contributed by atoms with E-state index >= 15 is 0 Å². The van der Waals surface area contributed by atoms with Crippen molar-refractivity contribution in [1.29, 1.82) is 0 Å². The minimum Gasteiger partial charge on any atom is -0.336 e. The zero-order valence-electron chi connectivity index (χ0n) is 15.9. The first-order chi connectivity index (χ1) is 13.8. The third-order valence-corrected chi connectivity index (χ3v) is 5.19. The van der Waals surface area contributed by atoms with E-state index in [4.69, 9.17) is 0 Å². The first-order valence-electron chi connectivity index (χ1n) is 9.71. The van der Waals surface area contributed by atoms with Crippen LogP contribution in [0, 0.1) is 0 Å². The Labute approximate surface area is 165 Å². The van der Waals surface area contributed by atoms with Gasteiger partial charge in [-0.25, -0.2) is 0 Å². The van der Waals surface area contributed by atoms with E-state index in [2.05, 4.69) is 39.1 Å². The molecule has 0 bridgehead atoms. The van der Waals surface area contributed by atoms with Crippen molar-refractivity contribution in [2.75, 3.05) is 32.7 Å². The van der Waals surface area contributed by atoms with Crippen LogP contribution in [0.2, 0.25) is 0 Å². The highest BCUT2D eigenvalue weighted by Crippen LogP contribution is 2.18. The lowest BCUT2D eigenvalue weighted by atomic mass is 10.1. The van der Waals surface area contributed by atoms with Gasteiger partial charge in [-0.1, -0.05) is 42.5 Å². The monoisotopic (exact) mass is 372 g/mol. The van der Waals surface area contributed by atoms with Crippen LogP contribution >= 0.6 is 0 Å². The Hall–Kier alpha value is -3.05. The topological polar surface area (TPSA) is 49.3 Å². The summed E-state index contributed by atoms with van der Waals surface area (Å²) >= 11 is 0. The first-order valence-corrected chi connectivity index (χ1v) is 9.71. The van der Waals surface area contributed by atoms with Crippen LogP contribution in [0.25, 0.3) is 11.3 Å². The van der Waals surface area contributed by atoms with Crippen LogP contribution in [-0.4, -0.2) is 58.4 Å². The summed E-state index contributed by atoms with van der Waals surface area (Å²) in [5.74, 6) is 0.0912. The molecule has 4 rings (SSSR count). The molecule has 1 aliphatic heterocycles. The predicted molar refractivity (Wildman–Crippen MR) is 110 cm³/mol.